The average molecular weight is 299 g/mol. The summed E-state index contributed by atoms with van der Waals surface area (Å²) in [6.07, 6.45) is 3.26. The van der Waals surface area contributed by atoms with E-state index < -0.39 is 0 Å². The van der Waals surface area contributed by atoms with Crippen molar-refractivity contribution in [1.82, 2.24) is 10.2 Å². The Morgan fingerprint density at radius 2 is 2.29 bits per heavy atom. The van der Waals surface area contributed by atoms with Crippen molar-refractivity contribution in [2.75, 3.05) is 6.61 Å². The average Bonchev–Trinajstić information content (AvgIpc) is 2.74. The molecule has 0 aliphatic carbocycles. The maximum atomic E-state index is 13.2. The Balaban J connectivity index is 2.10. The monoisotopic (exact) mass is 298 g/mol. The number of nitrogens with zero attached hydrogens (tertiary/aromatic N) is 1. The van der Waals surface area contributed by atoms with Gasteiger partial charge in [0.1, 0.15) is 11.9 Å². The third-order valence-electron chi connectivity index (χ3n) is 3.09. The Morgan fingerprint density at radius 3 is 3.06 bits per heavy atom. The Hall–Kier alpha value is -0.940. The Labute approximate surface area is 106 Å². The summed E-state index contributed by atoms with van der Waals surface area (Å²) in [4.78, 5) is 0. The second-order valence-corrected chi connectivity index (χ2v) is 5.13. The van der Waals surface area contributed by atoms with Gasteiger partial charge >= 0.3 is 0 Å². The van der Waals surface area contributed by atoms with Crippen LogP contribution in [0.2, 0.25) is 0 Å². The minimum absolute atomic E-state index is 0.0271. The van der Waals surface area contributed by atoms with Crippen molar-refractivity contribution in [3.8, 4) is 0 Å². The van der Waals surface area contributed by atoms with Crippen molar-refractivity contribution in [1.29, 1.82) is 0 Å². The standard InChI is InChI=1S/C12H12BrFN2O/c13-8-5-7(14)6-9-11(8)12(16-15-9)10-3-1-2-4-17-10/h5-6,10H,1-4H2,(H,15,16). The lowest BCUT2D eigenvalue weighted by Gasteiger charge is -2.21. The summed E-state index contributed by atoms with van der Waals surface area (Å²) in [6, 6.07) is 2.92. The molecule has 1 aliphatic heterocycles. The highest BCUT2D eigenvalue weighted by Gasteiger charge is 2.22. The number of H-pyrrole nitrogens is 1. The van der Waals surface area contributed by atoms with E-state index in [-0.39, 0.29) is 11.9 Å². The number of rotatable bonds is 1. The fourth-order valence-electron chi connectivity index (χ4n) is 2.29. The van der Waals surface area contributed by atoms with Crippen LogP contribution < -0.4 is 0 Å². The zero-order chi connectivity index (χ0) is 11.8. The van der Waals surface area contributed by atoms with Gasteiger partial charge in [0, 0.05) is 16.5 Å². The largest absolute Gasteiger partial charge is 0.372 e. The zero-order valence-electron chi connectivity index (χ0n) is 9.17. The van der Waals surface area contributed by atoms with E-state index >= 15 is 0 Å². The van der Waals surface area contributed by atoms with Crippen molar-refractivity contribution in [2.24, 2.45) is 0 Å². The minimum atomic E-state index is -0.274. The fourth-order valence-corrected chi connectivity index (χ4v) is 2.92. The van der Waals surface area contributed by atoms with E-state index in [4.69, 9.17) is 4.74 Å². The summed E-state index contributed by atoms with van der Waals surface area (Å²) in [5.74, 6) is -0.274. The normalized spacial score (nSPS) is 20.9. The minimum Gasteiger partial charge on any atom is -0.372 e. The zero-order valence-corrected chi connectivity index (χ0v) is 10.8. The molecule has 1 atom stereocenters. The Bertz CT molecular complexity index is 549. The first kappa shape index (κ1) is 11.2. The summed E-state index contributed by atoms with van der Waals surface area (Å²) < 4.78 is 19.7. The molecule has 1 unspecified atom stereocenters. The first-order valence-corrected chi connectivity index (χ1v) is 6.49. The lowest BCUT2D eigenvalue weighted by molar-refractivity contribution is 0.0131. The molecule has 2 aromatic rings. The molecule has 1 fully saturated rings. The van der Waals surface area contributed by atoms with Crippen LogP contribution in [-0.2, 0) is 4.74 Å². The molecule has 1 saturated heterocycles. The van der Waals surface area contributed by atoms with Crippen LogP contribution in [0.3, 0.4) is 0 Å². The van der Waals surface area contributed by atoms with Gasteiger partial charge in [0.05, 0.1) is 11.2 Å². The molecular weight excluding hydrogens is 287 g/mol. The van der Waals surface area contributed by atoms with Gasteiger partial charge < -0.3 is 4.74 Å². The van der Waals surface area contributed by atoms with Crippen LogP contribution in [-0.4, -0.2) is 16.8 Å². The van der Waals surface area contributed by atoms with Gasteiger partial charge in [-0.25, -0.2) is 4.39 Å². The van der Waals surface area contributed by atoms with Crippen molar-refractivity contribution < 1.29 is 9.13 Å². The maximum absolute atomic E-state index is 13.2. The molecule has 1 aromatic heterocycles. The molecule has 1 aromatic carbocycles. The quantitative estimate of drug-likeness (QED) is 0.871. The summed E-state index contributed by atoms with van der Waals surface area (Å²) in [5.41, 5.74) is 1.59. The molecule has 5 heteroatoms. The fraction of sp³-hybridized carbons (Fsp3) is 0.417. The molecule has 0 radical (unpaired) electrons. The molecule has 0 amide bonds. The molecule has 0 spiro atoms. The molecule has 0 bridgehead atoms. The number of hydrogen-bond donors (Lipinski definition) is 1. The van der Waals surface area contributed by atoms with Gasteiger partial charge in [-0.1, -0.05) is 0 Å². The van der Waals surface area contributed by atoms with E-state index in [0.717, 1.165) is 41.4 Å². The second-order valence-electron chi connectivity index (χ2n) is 4.27. The van der Waals surface area contributed by atoms with E-state index in [2.05, 4.69) is 26.1 Å². The van der Waals surface area contributed by atoms with Gasteiger partial charge in [0.15, 0.2) is 0 Å². The van der Waals surface area contributed by atoms with Gasteiger partial charge in [0.25, 0.3) is 0 Å². The summed E-state index contributed by atoms with van der Waals surface area (Å²) in [6.45, 7) is 0.776. The van der Waals surface area contributed by atoms with Crippen LogP contribution in [0.15, 0.2) is 16.6 Å². The van der Waals surface area contributed by atoms with Crippen LogP contribution in [0.1, 0.15) is 31.1 Å². The highest BCUT2D eigenvalue weighted by Crippen LogP contribution is 2.35. The molecular formula is C12H12BrFN2O. The number of halogens is 2. The summed E-state index contributed by atoms with van der Waals surface area (Å²) in [7, 11) is 0. The van der Waals surface area contributed by atoms with E-state index in [0.29, 0.717) is 5.52 Å². The van der Waals surface area contributed by atoms with Crippen molar-refractivity contribution in [2.45, 2.75) is 25.4 Å². The highest BCUT2D eigenvalue weighted by atomic mass is 79.9. The molecule has 1 aliphatic rings. The smallest absolute Gasteiger partial charge is 0.126 e. The van der Waals surface area contributed by atoms with Crippen molar-refractivity contribution >= 4 is 26.8 Å². The SMILES string of the molecule is Fc1cc(Br)c2c(C3CCCCO3)n[nH]c2c1. The molecule has 3 rings (SSSR count). The maximum Gasteiger partial charge on any atom is 0.126 e. The van der Waals surface area contributed by atoms with Gasteiger partial charge in [-0.2, -0.15) is 5.10 Å². The lowest BCUT2D eigenvalue weighted by atomic mass is 10.0. The van der Waals surface area contributed by atoms with E-state index in [1.54, 1.807) is 0 Å². The van der Waals surface area contributed by atoms with Crippen LogP contribution in [0.4, 0.5) is 4.39 Å². The molecule has 2 heterocycles. The lowest BCUT2D eigenvalue weighted by Crippen LogP contribution is -2.12. The third-order valence-corrected chi connectivity index (χ3v) is 3.72. The highest BCUT2D eigenvalue weighted by molar-refractivity contribution is 9.10. The molecule has 90 valence electrons. The van der Waals surface area contributed by atoms with Crippen LogP contribution >= 0.6 is 15.9 Å². The first-order valence-electron chi connectivity index (χ1n) is 5.70. The van der Waals surface area contributed by atoms with Gasteiger partial charge in [-0.05, 0) is 47.3 Å². The third kappa shape index (κ3) is 1.98. The summed E-state index contributed by atoms with van der Waals surface area (Å²) >= 11 is 3.39. The summed E-state index contributed by atoms with van der Waals surface area (Å²) in [5, 5.41) is 8.07. The predicted octanol–water partition coefficient (Wildman–Crippen LogP) is 3.71. The number of aromatic nitrogens is 2. The van der Waals surface area contributed by atoms with E-state index in [1.165, 1.54) is 12.1 Å². The Morgan fingerprint density at radius 1 is 1.41 bits per heavy atom. The molecule has 17 heavy (non-hydrogen) atoms. The van der Waals surface area contributed by atoms with Gasteiger partial charge in [0.2, 0.25) is 0 Å². The number of hydrogen-bond acceptors (Lipinski definition) is 2. The number of aromatic amines is 1. The topological polar surface area (TPSA) is 37.9 Å². The number of benzene rings is 1. The van der Waals surface area contributed by atoms with E-state index in [9.17, 15) is 4.39 Å². The number of ether oxygens (including phenoxy) is 1. The van der Waals surface area contributed by atoms with E-state index in [1.807, 2.05) is 0 Å². The van der Waals surface area contributed by atoms with Gasteiger partial charge in [-0.3, -0.25) is 5.10 Å². The Kier molecular flexibility index (Phi) is 2.88. The molecule has 0 saturated carbocycles. The number of fused-ring (bicyclic) bond motifs is 1. The van der Waals surface area contributed by atoms with Crippen LogP contribution in [0.25, 0.3) is 10.9 Å². The van der Waals surface area contributed by atoms with Crippen LogP contribution in [0, 0.1) is 5.82 Å². The molecule has 3 nitrogen and oxygen atoms in total. The second kappa shape index (κ2) is 4.38. The van der Waals surface area contributed by atoms with Gasteiger partial charge in [-0.15, -0.1) is 0 Å². The van der Waals surface area contributed by atoms with Crippen molar-refractivity contribution in [3.05, 3.63) is 28.1 Å². The molecule has 1 N–H and O–H groups in total. The van der Waals surface area contributed by atoms with Crippen molar-refractivity contribution in [3.63, 3.8) is 0 Å². The number of nitrogens with one attached hydrogen (secondary N) is 1. The predicted molar refractivity (Wildman–Crippen MR) is 66.3 cm³/mol. The first-order chi connectivity index (χ1) is 8.25. The van der Waals surface area contributed by atoms with Crippen LogP contribution in [0.5, 0.6) is 0 Å².